The van der Waals surface area contributed by atoms with Crippen molar-refractivity contribution in [2.45, 2.75) is 24.1 Å². The van der Waals surface area contributed by atoms with Crippen LogP contribution in [-0.4, -0.2) is 61.1 Å². The second-order valence-electron chi connectivity index (χ2n) is 4.17. The molecule has 1 fully saturated rings. The first-order valence-electron chi connectivity index (χ1n) is 5.31. The van der Waals surface area contributed by atoms with Gasteiger partial charge in [-0.2, -0.15) is 0 Å². The predicted octanol–water partition coefficient (Wildman–Crippen LogP) is -3.35. The summed E-state index contributed by atoms with van der Waals surface area (Å²) in [6, 6.07) is -1.01. The van der Waals surface area contributed by atoms with Crippen LogP contribution < -0.4 is 11.5 Å². The van der Waals surface area contributed by atoms with E-state index in [2.05, 4.69) is 4.98 Å². The molecule has 1 aromatic heterocycles. The summed E-state index contributed by atoms with van der Waals surface area (Å²) in [4.78, 5) is 15.1. The molecule has 19 heavy (non-hydrogen) atoms. The van der Waals surface area contributed by atoms with Crippen molar-refractivity contribution >= 4 is 11.8 Å². The van der Waals surface area contributed by atoms with Gasteiger partial charge < -0.3 is 36.6 Å². The van der Waals surface area contributed by atoms with Crippen molar-refractivity contribution in [1.82, 2.24) is 9.55 Å². The highest BCUT2D eigenvalue weighted by Crippen LogP contribution is 2.38. The lowest BCUT2D eigenvalue weighted by Gasteiger charge is -2.28. The Labute approximate surface area is 106 Å². The Bertz CT molecular complexity index is 505. The Morgan fingerprint density at radius 1 is 1.53 bits per heavy atom. The Balaban J connectivity index is 2.58. The largest absolute Gasteiger partial charge is 0.393 e. The molecular formula is C9H14N4O6. The summed E-state index contributed by atoms with van der Waals surface area (Å²) in [5, 5.41) is 38.3. The fourth-order valence-corrected chi connectivity index (χ4v) is 2.07. The van der Waals surface area contributed by atoms with Crippen LogP contribution in [0.5, 0.6) is 0 Å². The zero-order valence-corrected chi connectivity index (χ0v) is 9.67. The number of nitrogen functional groups attached to an aromatic ring is 1. The summed E-state index contributed by atoms with van der Waals surface area (Å²) in [6.45, 7) is -0.855. The van der Waals surface area contributed by atoms with Crippen LogP contribution in [0, 0.1) is 0 Å². The van der Waals surface area contributed by atoms with Gasteiger partial charge in [0, 0.05) is 0 Å². The number of aliphatic hydroxyl groups excluding tert-OH is 4. The minimum atomic E-state index is -1.99. The molecule has 1 aliphatic heterocycles. The van der Waals surface area contributed by atoms with Gasteiger partial charge in [0.25, 0.3) is 0 Å². The molecule has 2 rings (SSSR count). The number of anilines is 1. The zero-order chi connectivity index (χ0) is 14.4. The van der Waals surface area contributed by atoms with Crippen molar-refractivity contribution in [2.24, 2.45) is 5.73 Å². The number of imidazole rings is 1. The molecule has 0 spiro atoms. The summed E-state index contributed by atoms with van der Waals surface area (Å²) in [7, 11) is 0. The normalized spacial score (nSPS) is 34.6. The molecule has 106 valence electrons. The fourth-order valence-electron chi connectivity index (χ4n) is 2.07. The third-order valence-corrected chi connectivity index (χ3v) is 3.05. The first-order chi connectivity index (χ1) is 8.85. The number of rotatable bonds is 2. The van der Waals surface area contributed by atoms with Crippen LogP contribution >= 0.6 is 0 Å². The van der Waals surface area contributed by atoms with Gasteiger partial charge in [0.1, 0.15) is 18.0 Å². The standard InChI is InChI=1S/C9H14N4O6/c10-3-1-12-7(13(3)8(11)18)9(2-14)5(16)4(15)6(17)19-9/h1,4-6,14-17H,2,10H2,(H2,11,18)/t4-,5+,6+,9-/m1/s1. The average molecular weight is 274 g/mol. The van der Waals surface area contributed by atoms with E-state index >= 15 is 0 Å². The number of nitrogens with two attached hydrogens (primary N) is 2. The van der Waals surface area contributed by atoms with Crippen molar-refractivity contribution in [3.63, 3.8) is 0 Å². The molecule has 1 aromatic rings. The van der Waals surface area contributed by atoms with E-state index in [1.807, 2.05) is 0 Å². The van der Waals surface area contributed by atoms with Crippen molar-refractivity contribution in [3.05, 3.63) is 12.0 Å². The van der Waals surface area contributed by atoms with Gasteiger partial charge in [0.05, 0.1) is 12.8 Å². The van der Waals surface area contributed by atoms with Gasteiger partial charge in [-0.05, 0) is 0 Å². The fraction of sp³-hybridized carbons (Fsp3) is 0.556. The molecule has 1 aliphatic rings. The summed E-state index contributed by atoms with van der Waals surface area (Å²) < 4.78 is 5.68. The topological polar surface area (TPSA) is 177 Å². The first-order valence-corrected chi connectivity index (χ1v) is 5.31. The molecular weight excluding hydrogens is 260 g/mol. The highest BCUT2D eigenvalue weighted by molar-refractivity contribution is 5.79. The third-order valence-electron chi connectivity index (χ3n) is 3.05. The number of ether oxygens (including phenoxy) is 1. The van der Waals surface area contributed by atoms with Gasteiger partial charge in [0.2, 0.25) is 0 Å². The van der Waals surface area contributed by atoms with E-state index in [-0.39, 0.29) is 11.6 Å². The number of nitrogens with zero attached hydrogens (tertiary/aromatic N) is 2. The van der Waals surface area contributed by atoms with E-state index in [9.17, 15) is 25.2 Å². The van der Waals surface area contributed by atoms with Crippen LogP contribution in [0.25, 0.3) is 0 Å². The molecule has 8 N–H and O–H groups in total. The lowest BCUT2D eigenvalue weighted by Crippen LogP contribution is -2.47. The van der Waals surface area contributed by atoms with Crippen LogP contribution in [0.2, 0.25) is 0 Å². The van der Waals surface area contributed by atoms with E-state index in [4.69, 9.17) is 16.2 Å². The summed E-state index contributed by atoms with van der Waals surface area (Å²) in [6.07, 6.45) is -4.06. The Morgan fingerprint density at radius 3 is 2.58 bits per heavy atom. The van der Waals surface area contributed by atoms with Gasteiger partial charge in [-0.1, -0.05) is 0 Å². The highest BCUT2D eigenvalue weighted by atomic mass is 16.7. The maximum absolute atomic E-state index is 11.3. The average Bonchev–Trinajstić information content (AvgIpc) is 2.84. The maximum Gasteiger partial charge on any atom is 0.326 e. The SMILES string of the molecule is NC(=O)n1c(N)cnc1[C@]1(CO)O[C@H](O)[C@H](O)[C@@H]1O. The molecule has 1 amide bonds. The van der Waals surface area contributed by atoms with Crippen molar-refractivity contribution in [1.29, 1.82) is 0 Å². The summed E-state index contributed by atoms with van der Waals surface area (Å²) >= 11 is 0. The lowest BCUT2D eigenvalue weighted by atomic mass is 9.95. The third kappa shape index (κ3) is 1.77. The minimum Gasteiger partial charge on any atom is -0.393 e. The molecule has 10 nitrogen and oxygen atoms in total. The summed E-state index contributed by atoms with van der Waals surface area (Å²) in [5.41, 5.74) is 8.62. The number of hydrogen-bond donors (Lipinski definition) is 6. The van der Waals surface area contributed by atoms with E-state index in [0.29, 0.717) is 4.57 Å². The number of aliphatic hydroxyl groups is 4. The van der Waals surface area contributed by atoms with E-state index in [1.54, 1.807) is 0 Å². The molecule has 0 radical (unpaired) electrons. The minimum absolute atomic E-state index is 0.137. The Morgan fingerprint density at radius 2 is 2.16 bits per heavy atom. The lowest BCUT2D eigenvalue weighted by molar-refractivity contribution is -0.182. The van der Waals surface area contributed by atoms with Crippen LogP contribution in [-0.2, 0) is 10.3 Å². The number of carbonyl (C=O) groups excluding carboxylic acids is 1. The maximum atomic E-state index is 11.3. The number of aromatic nitrogens is 2. The quantitative estimate of drug-likeness (QED) is 0.324. The molecule has 0 aliphatic carbocycles. The van der Waals surface area contributed by atoms with Crippen molar-refractivity contribution < 1.29 is 30.0 Å². The summed E-state index contributed by atoms with van der Waals surface area (Å²) in [5.74, 6) is -0.440. The molecule has 0 bridgehead atoms. The van der Waals surface area contributed by atoms with Gasteiger partial charge in [-0.3, -0.25) is 0 Å². The van der Waals surface area contributed by atoms with Crippen LogP contribution in [0.15, 0.2) is 6.20 Å². The molecule has 0 unspecified atom stereocenters. The van der Waals surface area contributed by atoms with E-state index < -0.39 is 36.7 Å². The molecule has 1 saturated heterocycles. The molecule has 4 atom stereocenters. The monoisotopic (exact) mass is 274 g/mol. The van der Waals surface area contributed by atoms with Gasteiger partial charge in [-0.25, -0.2) is 14.3 Å². The second kappa shape index (κ2) is 4.43. The number of amides is 1. The number of hydrogen-bond acceptors (Lipinski definition) is 8. The van der Waals surface area contributed by atoms with Gasteiger partial charge >= 0.3 is 6.03 Å². The first kappa shape index (κ1) is 13.7. The second-order valence-corrected chi connectivity index (χ2v) is 4.17. The van der Waals surface area contributed by atoms with Crippen molar-refractivity contribution in [3.8, 4) is 0 Å². The van der Waals surface area contributed by atoms with Crippen LogP contribution in [0.4, 0.5) is 10.6 Å². The highest BCUT2D eigenvalue weighted by Gasteiger charge is 2.57. The smallest absolute Gasteiger partial charge is 0.326 e. The molecule has 2 heterocycles. The number of carbonyl (C=O) groups is 1. The van der Waals surface area contributed by atoms with E-state index in [0.717, 1.165) is 6.20 Å². The van der Waals surface area contributed by atoms with Gasteiger partial charge in [-0.15, -0.1) is 0 Å². The molecule has 10 heteroatoms. The van der Waals surface area contributed by atoms with Crippen molar-refractivity contribution in [2.75, 3.05) is 12.3 Å². The number of primary amides is 1. The van der Waals surface area contributed by atoms with Crippen LogP contribution in [0.3, 0.4) is 0 Å². The predicted molar refractivity (Wildman–Crippen MR) is 59.5 cm³/mol. The van der Waals surface area contributed by atoms with Crippen LogP contribution in [0.1, 0.15) is 5.82 Å². The zero-order valence-electron chi connectivity index (χ0n) is 9.67. The molecule has 0 saturated carbocycles. The Kier molecular flexibility index (Phi) is 3.20. The Hall–Kier alpha value is -1.72. The van der Waals surface area contributed by atoms with Gasteiger partial charge in [0.15, 0.2) is 17.7 Å². The van der Waals surface area contributed by atoms with E-state index in [1.165, 1.54) is 0 Å². The molecule has 0 aromatic carbocycles.